The molecule has 0 saturated carbocycles. The van der Waals surface area contributed by atoms with E-state index in [-0.39, 0.29) is 43.4 Å². The molecular weight excluding hydrogens is 422 g/mol. The molecule has 0 unspecified atom stereocenters. The number of halogens is 2. The van der Waals surface area contributed by atoms with Gasteiger partial charge in [0.1, 0.15) is 18.4 Å². The fourth-order valence-electron chi connectivity index (χ4n) is 3.65. The van der Waals surface area contributed by atoms with Gasteiger partial charge in [-0.15, -0.1) is 0 Å². The van der Waals surface area contributed by atoms with Gasteiger partial charge in [-0.25, -0.2) is 13.6 Å². The van der Waals surface area contributed by atoms with Crippen LogP contribution in [-0.4, -0.2) is 34.8 Å². The number of carbonyl (C=O) groups excluding carboxylic acids is 3. The zero-order valence-electron chi connectivity index (χ0n) is 18.0. The number of ether oxygens (including phenoxy) is 1. The van der Waals surface area contributed by atoms with E-state index in [2.05, 4.69) is 5.32 Å². The zero-order valence-corrected chi connectivity index (χ0v) is 18.0. The number of carbonyl (C=O) groups is 3. The van der Waals surface area contributed by atoms with Gasteiger partial charge in [0.25, 0.3) is 0 Å². The standard InChI is InChI=1S/C23H26F2N2O5/c1-14(2)22(23(30)32-13-17-6-4-10-31-17)26-19(28)11-16-8-9-20(29)27(16)12-15-5-3-7-18(24)21(15)25/h3-7,10,14,16,22H,8-9,11-13H2,1-2H3,(H,26,28)/t16-,22-/m0/s1. The molecule has 9 heteroatoms. The SMILES string of the molecule is CC(C)[C@H](NC(=O)C[C@@H]1CCC(=O)N1Cc1cccc(F)c1F)C(=O)OCc1ccco1. The fourth-order valence-corrected chi connectivity index (χ4v) is 3.65. The molecule has 1 aliphatic rings. The number of nitrogens with one attached hydrogen (secondary N) is 1. The second-order valence-corrected chi connectivity index (χ2v) is 8.11. The minimum Gasteiger partial charge on any atom is -0.466 e. The summed E-state index contributed by atoms with van der Waals surface area (Å²) in [6, 6.07) is 5.79. The lowest BCUT2D eigenvalue weighted by Gasteiger charge is -2.26. The predicted molar refractivity (Wildman–Crippen MR) is 110 cm³/mol. The Hall–Kier alpha value is -3.23. The first-order valence-corrected chi connectivity index (χ1v) is 10.5. The molecule has 3 rings (SSSR count). The third-order valence-corrected chi connectivity index (χ3v) is 5.42. The molecule has 1 fully saturated rings. The van der Waals surface area contributed by atoms with Gasteiger partial charge in [-0.2, -0.15) is 0 Å². The molecule has 7 nitrogen and oxygen atoms in total. The maximum Gasteiger partial charge on any atom is 0.329 e. The van der Waals surface area contributed by atoms with E-state index in [4.69, 9.17) is 9.15 Å². The monoisotopic (exact) mass is 448 g/mol. The Bertz CT molecular complexity index is 961. The summed E-state index contributed by atoms with van der Waals surface area (Å²) in [4.78, 5) is 38.8. The second-order valence-electron chi connectivity index (χ2n) is 8.11. The van der Waals surface area contributed by atoms with Gasteiger partial charge in [0.05, 0.1) is 6.26 Å². The summed E-state index contributed by atoms with van der Waals surface area (Å²) in [5.41, 5.74) is 0.0484. The lowest BCUT2D eigenvalue weighted by atomic mass is 10.0. The lowest BCUT2D eigenvalue weighted by molar-refractivity contribution is -0.151. The quantitative estimate of drug-likeness (QED) is 0.595. The van der Waals surface area contributed by atoms with Crippen molar-refractivity contribution < 1.29 is 32.3 Å². The summed E-state index contributed by atoms with van der Waals surface area (Å²) in [5, 5.41) is 2.68. The van der Waals surface area contributed by atoms with E-state index >= 15 is 0 Å². The van der Waals surface area contributed by atoms with Crippen LogP contribution in [0, 0.1) is 17.6 Å². The summed E-state index contributed by atoms with van der Waals surface area (Å²) in [5.74, 6) is -2.99. The predicted octanol–water partition coefficient (Wildman–Crippen LogP) is 3.32. The van der Waals surface area contributed by atoms with Crippen molar-refractivity contribution in [3.8, 4) is 0 Å². The van der Waals surface area contributed by atoms with Crippen molar-refractivity contribution >= 4 is 17.8 Å². The van der Waals surface area contributed by atoms with Crippen LogP contribution >= 0.6 is 0 Å². The summed E-state index contributed by atoms with van der Waals surface area (Å²) in [6.45, 7) is 3.38. The van der Waals surface area contributed by atoms with Crippen LogP contribution in [0.2, 0.25) is 0 Å². The number of furan rings is 1. The van der Waals surface area contributed by atoms with Gasteiger partial charge >= 0.3 is 5.97 Å². The highest BCUT2D eigenvalue weighted by Gasteiger charge is 2.34. The summed E-state index contributed by atoms with van der Waals surface area (Å²) in [6.07, 6.45) is 2.04. The molecular formula is C23H26F2N2O5. The van der Waals surface area contributed by atoms with Crippen LogP contribution in [0.1, 0.15) is 44.4 Å². The van der Waals surface area contributed by atoms with Crippen LogP contribution in [0.4, 0.5) is 8.78 Å². The molecule has 1 saturated heterocycles. The third-order valence-electron chi connectivity index (χ3n) is 5.42. The molecule has 2 heterocycles. The Balaban J connectivity index is 1.60. The van der Waals surface area contributed by atoms with E-state index in [1.165, 1.54) is 23.3 Å². The van der Waals surface area contributed by atoms with Gasteiger partial charge in [0, 0.05) is 31.0 Å². The zero-order chi connectivity index (χ0) is 23.3. The number of hydrogen-bond donors (Lipinski definition) is 1. The largest absolute Gasteiger partial charge is 0.466 e. The first kappa shape index (κ1) is 23.4. The van der Waals surface area contributed by atoms with Crippen molar-refractivity contribution in [2.45, 2.75) is 58.3 Å². The number of likely N-dealkylation sites (tertiary alicyclic amines) is 1. The van der Waals surface area contributed by atoms with Crippen molar-refractivity contribution in [1.29, 1.82) is 0 Å². The van der Waals surface area contributed by atoms with Gasteiger partial charge in [-0.3, -0.25) is 9.59 Å². The summed E-state index contributed by atoms with van der Waals surface area (Å²) >= 11 is 0. The summed E-state index contributed by atoms with van der Waals surface area (Å²) in [7, 11) is 0. The molecule has 1 aliphatic heterocycles. The molecule has 1 aromatic carbocycles. The van der Waals surface area contributed by atoms with Crippen molar-refractivity contribution in [2.75, 3.05) is 0 Å². The van der Waals surface area contributed by atoms with Crippen LogP contribution in [-0.2, 0) is 32.3 Å². The Morgan fingerprint density at radius 3 is 2.72 bits per heavy atom. The van der Waals surface area contributed by atoms with Crippen LogP contribution in [0.5, 0.6) is 0 Å². The van der Waals surface area contributed by atoms with E-state index in [1.807, 2.05) is 0 Å². The molecule has 2 aromatic rings. The highest BCUT2D eigenvalue weighted by molar-refractivity contribution is 5.86. The molecule has 2 amide bonds. The number of hydrogen-bond acceptors (Lipinski definition) is 5. The van der Waals surface area contributed by atoms with Gasteiger partial charge < -0.3 is 19.4 Å². The Labute approximate surface area is 184 Å². The molecule has 0 bridgehead atoms. The van der Waals surface area contributed by atoms with E-state index in [0.717, 1.165) is 6.07 Å². The topological polar surface area (TPSA) is 88.9 Å². The van der Waals surface area contributed by atoms with E-state index in [0.29, 0.717) is 12.2 Å². The highest BCUT2D eigenvalue weighted by atomic mass is 19.2. The van der Waals surface area contributed by atoms with Crippen LogP contribution in [0.25, 0.3) is 0 Å². The first-order chi connectivity index (χ1) is 15.3. The van der Waals surface area contributed by atoms with E-state index in [9.17, 15) is 23.2 Å². The average Bonchev–Trinajstić information content (AvgIpc) is 3.38. The van der Waals surface area contributed by atoms with Crippen molar-refractivity contribution in [2.24, 2.45) is 5.92 Å². The number of benzene rings is 1. The summed E-state index contributed by atoms with van der Waals surface area (Å²) < 4.78 is 37.9. The minimum atomic E-state index is -1.01. The molecule has 1 N–H and O–H groups in total. The van der Waals surface area contributed by atoms with E-state index < -0.39 is 35.6 Å². The molecule has 2 atom stereocenters. The Kier molecular flexibility index (Phi) is 7.61. The minimum absolute atomic E-state index is 0.0466. The average molecular weight is 448 g/mol. The lowest BCUT2D eigenvalue weighted by Crippen LogP contribution is -2.47. The molecule has 1 aromatic heterocycles. The highest BCUT2D eigenvalue weighted by Crippen LogP contribution is 2.25. The van der Waals surface area contributed by atoms with Crippen molar-refractivity contribution in [3.63, 3.8) is 0 Å². The first-order valence-electron chi connectivity index (χ1n) is 10.5. The third kappa shape index (κ3) is 5.72. The molecule has 32 heavy (non-hydrogen) atoms. The maximum absolute atomic E-state index is 14.0. The van der Waals surface area contributed by atoms with Gasteiger partial charge in [0.2, 0.25) is 11.8 Å². The molecule has 172 valence electrons. The fraction of sp³-hybridized carbons (Fsp3) is 0.435. The van der Waals surface area contributed by atoms with Crippen LogP contribution in [0.3, 0.4) is 0 Å². The van der Waals surface area contributed by atoms with Crippen molar-refractivity contribution in [3.05, 3.63) is 59.6 Å². The molecule has 0 spiro atoms. The number of esters is 1. The maximum atomic E-state index is 14.0. The van der Waals surface area contributed by atoms with Crippen LogP contribution < -0.4 is 5.32 Å². The molecule has 0 radical (unpaired) electrons. The number of amides is 2. The Morgan fingerprint density at radius 1 is 1.25 bits per heavy atom. The number of nitrogens with zero attached hydrogens (tertiary/aromatic N) is 1. The van der Waals surface area contributed by atoms with Gasteiger partial charge in [-0.05, 0) is 30.5 Å². The van der Waals surface area contributed by atoms with Gasteiger partial charge in [0.15, 0.2) is 11.6 Å². The smallest absolute Gasteiger partial charge is 0.329 e. The Morgan fingerprint density at radius 2 is 2.03 bits per heavy atom. The second kappa shape index (κ2) is 10.4. The normalized spacial score (nSPS) is 17.0. The molecule has 0 aliphatic carbocycles. The van der Waals surface area contributed by atoms with Crippen LogP contribution in [0.15, 0.2) is 41.0 Å². The van der Waals surface area contributed by atoms with Gasteiger partial charge in [-0.1, -0.05) is 26.0 Å². The van der Waals surface area contributed by atoms with Crippen molar-refractivity contribution in [1.82, 2.24) is 10.2 Å². The van der Waals surface area contributed by atoms with E-state index in [1.54, 1.807) is 26.0 Å². The number of rotatable bonds is 9.